The lowest BCUT2D eigenvalue weighted by molar-refractivity contribution is -0.132. The van der Waals surface area contributed by atoms with E-state index in [1.165, 1.54) is 11.8 Å². The summed E-state index contributed by atoms with van der Waals surface area (Å²) in [6.07, 6.45) is 0. The van der Waals surface area contributed by atoms with Crippen LogP contribution in [0.2, 0.25) is 0 Å². The molecule has 6 nitrogen and oxygen atoms in total. The monoisotopic (exact) mass is 176 g/mol. The standard InChI is InChI=1S/C4H2O4.C2H6O2/c5-3(6)1-2-4(7)8;3-1-2-4/h(H,5,6)(H,7,8);3-4H,1-2H2. The molecule has 0 amide bonds. The third-order valence-electron chi connectivity index (χ3n) is 0.376. The molecule has 0 fully saturated rings. The van der Waals surface area contributed by atoms with Gasteiger partial charge in [0.15, 0.2) is 0 Å². The SMILES string of the molecule is O=C(O)C#CC(=O)O.OCCO. The summed E-state index contributed by atoms with van der Waals surface area (Å²) in [7, 11) is 0. The first-order valence-electron chi connectivity index (χ1n) is 2.74. The number of aliphatic carboxylic acids is 2. The maximum absolute atomic E-state index is 9.47. The molecule has 4 N–H and O–H groups in total. The summed E-state index contributed by atoms with van der Waals surface area (Å²) in [4.78, 5) is 18.9. The molecule has 0 aliphatic carbocycles. The van der Waals surface area contributed by atoms with Crippen LogP contribution in [0.25, 0.3) is 0 Å². The summed E-state index contributed by atoms with van der Waals surface area (Å²) in [5.41, 5.74) is 0. The molecule has 0 aromatic heterocycles. The van der Waals surface area contributed by atoms with Crippen LogP contribution in [0.4, 0.5) is 0 Å². The number of carboxylic acids is 2. The highest BCUT2D eigenvalue weighted by Crippen LogP contribution is 1.57. The van der Waals surface area contributed by atoms with Gasteiger partial charge in [0.25, 0.3) is 0 Å². The fraction of sp³-hybridized carbons (Fsp3) is 0.333. The van der Waals surface area contributed by atoms with Crippen LogP contribution in [0, 0.1) is 11.8 Å². The first-order valence-corrected chi connectivity index (χ1v) is 2.74. The Hall–Kier alpha value is -1.58. The van der Waals surface area contributed by atoms with E-state index >= 15 is 0 Å². The quantitative estimate of drug-likeness (QED) is 0.348. The van der Waals surface area contributed by atoms with Gasteiger partial charge < -0.3 is 20.4 Å². The second kappa shape index (κ2) is 9.42. The molecule has 0 spiro atoms. The van der Waals surface area contributed by atoms with Crippen LogP contribution in [-0.2, 0) is 9.59 Å². The molecule has 0 saturated carbocycles. The molecule has 0 radical (unpaired) electrons. The van der Waals surface area contributed by atoms with Crippen molar-refractivity contribution in [3.05, 3.63) is 0 Å². The highest BCUT2D eigenvalue weighted by molar-refractivity contribution is 5.96. The summed E-state index contributed by atoms with van der Waals surface area (Å²) in [5.74, 6) is -0.0511. The zero-order chi connectivity index (χ0) is 9.98. The van der Waals surface area contributed by atoms with Crippen LogP contribution in [0.15, 0.2) is 0 Å². The fourth-order valence-electron chi connectivity index (χ4n) is 0.107. The van der Waals surface area contributed by atoms with Crippen molar-refractivity contribution in [2.75, 3.05) is 13.2 Å². The van der Waals surface area contributed by atoms with Gasteiger partial charge in [0.05, 0.1) is 13.2 Å². The van der Waals surface area contributed by atoms with Gasteiger partial charge in [-0.05, 0) is 0 Å². The average molecular weight is 176 g/mol. The summed E-state index contributed by atoms with van der Waals surface area (Å²) < 4.78 is 0. The van der Waals surface area contributed by atoms with Gasteiger partial charge in [0.1, 0.15) is 0 Å². The molecule has 0 atom stereocenters. The van der Waals surface area contributed by atoms with Crippen LogP contribution < -0.4 is 0 Å². The molecule has 0 bridgehead atoms. The lowest BCUT2D eigenvalue weighted by Crippen LogP contribution is -1.92. The predicted octanol–water partition coefficient (Wildman–Crippen LogP) is -1.87. The van der Waals surface area contributed by atoms with Gasteiger partial charge in [-0.25, -0.2) is 9.59 Å². The van der Waals surface area contributed by atoms with E-state index in [9.17, 15) is 9.59 Å². The van der Waals surface area contributed by atoms with Crippen LogP contribution in [0.1, 0.15) is 0 Å². The maximum atomic E-state index is 9.47. The Morgan fingerprint density at radius 3 is 1.25 bits per heavy atom. The van der Waals surface area contributed by atoms with E-state index in [2.05, 4.69) is 0 Å². The van der Waals surface area contributed by atoms with E-state index < -0.39 is 11.9 Å². The van der Waals surface area contributed by atoms with Gasteiger partial charge in [0, 0.05) is 11.8 Å². The third kappa shape index (κ3) is 23.7. The molecule has 0 unspecified atom stereocenters. The summed E-state index contributed by atoms with van der Waals surface area (Å²) >= 11 is 0. The molecule has 0 rings (SSSR count). The largest absolute Gasteiger partial charge is 0.472 e. The molecule has 0 aliphatic rings. The first kappa shape index (κ1) is 13.0. The second-order valence-electron chi connectivity index (χ2n) is 1.31. The Morgan fingerprint density at radius 1 is 0.917 bits per heavy atom. The van der Waals surface area contributed by atoms with E-state index in [4.69, 9.17) is 20.4 Å². The molecule has 68 valence electrons. The Bertz CT molecular complexity index is 178. The van der Waals surface area contributed by atoms with Crippen molar-refractivity contribution in [2.45, 2.75) is 0 Å². The third-order valence-corrected chi connectivity index (χ3v) is 0.376. The minimum atomic E-state index is -1.44. The van der Waals surface area contributed by atoms with Gasteiger partial charge in [-0.2, -0.15) is 0 Å². The number of carbonyl (C=O) groups is 2. The van der Waals surface area contributed by atoms with Crippen LogP contribution in [0.3, 0.4) is 0 Å². The zero-order valence-electron chi connectivity index (χ0n) is 6.02. The number of hydrogen-bond acceptors (Lipinski definition) is 4. The normalized spacial score (nSPS) is 6.83. The minimum Gasteiger partial charge on any atom is -0.472 e. The van der Waals surface area contributed by atoms with Crippen molar-refractivity contribution >= 4 is 11.9 Å². The van der Waals surface area contributed by atoms with Crippen molar-refractivity contribution < 1.29 is 30.0 Å². The van der Waals surface area contributed by atoms with Crippen LogP contribution >= 0.6 is 0 Å². The molecule has 0 heterocycles. The van der Waals surface area contributed by atoms with E-state index in [0.29, 0.717) is 0 Å². The smallest absolute Gasteiger partial charge is 0.382 e. The minimum absolute atomic E-state index is 0.125. The number of carboxylic acid groups (broad SMARTS) is 2. The average Bonchev–Trinajstić information content (AvgIpc) is 2.01. The molecule has 0 aromatic carbocycles. The van der Waals surface area contributed by atoms with Crippen molar-refractivity contribution in [1.82, 2.24) is 0 Å². The van der Waals surface area contributed by atoms with Crippen molar-refractivity contribution in [2.24, 2.45) is 0 Å². The molecule has 0 saturated heterocycles. The first-order chi connectivity index (χ1) is 5.54. The van der Waals surface area contributed by atoms with Gasteiger partial charge in [-0.15, -0.1) is 0 Å². The van der Waals surface area contributed by atoms with Gasteiger partial charge in [-0.3, -0.25) is 0 Å². The fourth-order valence-corrected chi connectivity index (χ4v) is 0.107. The van der Waals surface area contributed by atoms with E-state index in [1.54, 1.807) is 0 Å². The Kier molecular flexibility index (Phi) is 10.2. The number of hydrogen-bond donors (Lipinski definition) is 4. The Balaban J connectivity index is 0. The zero-order valence-corrected chi connectivity index (χ0v) is 6.02. The molecule has 0 aliphatic heterocycles. The highest BCUT2D eigenvalue weighted by Gasteiger charge is 1.86. The molecular weight excluding hydrogens is 168 g/mol. The van der Waals surface area contributed by atoms with Crippen molar-refractivity contribution in [3.8, 4) is 11.8 Å². The topological polar surface area (TPSA) is 115 Å². The van der Waals surface area contributed by atoms with Gasteiger partial charge in [-0.1, -0.05) is 0 Å². The van der Waals surface area contributed by atoms with Gasteiger partial charge in [0.2, 0.25) is 0 Å². The van der Waals surface area contributed by atoms with Crippen LogP contribution in [0.5, 0.6) is 0 Å². The highest BCUT2D eigenvalue weighted by atomic mass is 16.4. The van der Waals surface area contributed by atoms with Crippen molar-refractivity contribution in [1.29, 1.82) is 0 Å². The lowest BCUT2D eigenvalue weighted by atomic mass is 10.6. The molecular formula is C6H8O6. The second-order valence-corrected chi connectivity index (χ2v) is 1.31. The molecule has 12 heavy (non-hydrogen) atoms. The maximum Gasteiger partial charge on any atom is 0.382 e. The lowest BCUT2D eigenvalue weighted by Gasteiger charge is -1.70. The molecule has 6 heteroatoms. The summed E-state index contributed by atoms with van der Waals surface area (Å²) in [5, 5.41) is 30.7. The van der Waals surface area contributed by atoms with E-state index in [1.807, 2.05) is 0 Å². The summed E-state index contributed by atoms with van der Waals surface area (Å²) in [6, 6.07) is 0. The Labute approximate surface area is 68.1 Å². The number of aliphatic hydroxyl groups is 2. The van der Waals surface area contributed by atoms with Crippen molar-refractivity contribution in [3.63, 3.8) is 0 Å². The Morgan fingerprint density at radius 2 is 1.17 bits per heavy atom. The van der Waals surface area contributed by atoms with Crippen LogP contribution in [-0.4, -0.2) is 45.6 Å². The molecule has 0 aromatic rings. The number of aliphatic hydroxyl groups excluding tert-OH is 2. The van der Waals surface area contributed by atoms with Gasteiger partial charge >= 0.3 is 11.9 Å². The van der Waals surface area contributed by atoms with E-state index in [-0.39, 0.29) is 13.2 Å². The number of rotatable bonds is 1. The predicted molar refractivity (Wildman–Crippen MR) is 37.2 cm³/mol. The summed E-state index contributed by atoms with van der Waals surface area (Å²) in [6.45, 7) is -0.250. The van der Waals surface area contributed by atoms with E-state index in [0.717, 1.165) is 0 Å².